The Morgan fingerprint density at radius 3 is 2.17 bits per heavy atom. The molecule has 2 aromatic heterocycles. The van der Waals surface area contributed by atoms with Crippen molar-refractivity contribution in [1.29, 1.82) is 5.26 Å². The van der Waals surface area contributed by atoms with Crippen molar-refractivity contribution in [3.63, 3.8) is 0 Å². The standard InChI is InChI=1S/C20H13N3S/c21-12-16-17(22)11-19-23(20(16)15-9-5-2-6-10-15)18(13-24-19)14-7-3-1-4-8-14/h1-11,13,22H/p+1. The molecule has 24 heavy (non-hydrogen) atoms. The average molecular weight is 328 g/mol. The number of nitrogens with zero attached hydrogens (tertiary/aromatic N) is 2. The maximum Gasteiger partial charge on any atom is 0.270 e. The van der Waals surface area contributed by atoms with Gasteiger partial charge in [0, 0.05) is 17.2 Å². The van der Waals surface area contributed by atoms with Gasteiger partial charge in [0.25, 0.3) is 4.83 Å². The van der Waals surface area contributed by atoms with Gasteiger partial charge in [0.1, 0.15) is 11.6 Å². The maximum atomic E-state index is 9.68. The van der Waals surface area contributed by atoms with Gasteiger partial charge in [-0.15, -0.1) is 4.40 Å². The molecule has 0 fully saturated rings. The SMILES string of the molecule is N#Cc1c(N)cc2scc(-c3ccccc3)[n+]2c1-c1ccccc1. The summed E-state index contributed by atoms with van der Waals surface area (Å²) in [5, 5.41) is 11.8. The Labute approximate surface area is 143 Å². The predicted molar refractivity (Wildman–Crippen MR) is 97.5 cm³/mol. The summed E-state index contributed by atoms with van der Waals surface area (Å²) in [7, 11) is 0. The molecular formula is C20H14N3S+. The number of benzene rings is 2. The Kier molecular flexibility index (Phi) is 3.49. The Morgan fingerprint density at radius 2 is 1.54 bits per heavy atom. The van der Waals surface area contributed by atoms with Crippen LogP contribution in [-0.2, 0) is 0 Å². The van der Waals surface area contributed by atoms with Crippen LogP contribution in [-0.4, -0.2) is 0 Å². The van der Waals surface area contributed by atoms with Crippen LogP contribution in [0.2, 0.25) is 0 Å². The monoisotopic (exact) mass is 328 g/mol. The van der Waals surface area contributed by atoms with Crippen LogP contribution in [0.25, 0.3) is 27.3 Å². The molecule has 114 valence electrons. The molecule has 0 saturated heterocycles. The number of hydrogen-bond acceptors (Lipinski definition) is 3. The number of aromatic nitrogens is 1. The quantitative estimate of drug-likeness (QED) is 0.559. The maximum absolute atomic E-state index is 9.68. The number of fused-ring (bicyclic) bond motifs is 1. The molecule has 0 saturated carbocycles. The molecule has 0 radical (unpaired) electrons. The lowest BCUT2D eigenvalue weighted by Crippen LogP contribution is -2.27. The summed E-state index contributed by atoms with van der Waals surface area (Å²) in [4.78, 5) is 1.02. The van der Waals surface area contributed by atoms with Gasteiger partial charge in [-0.2, -0.15) is 5.26 Å². The molecular weight excluding hydrogens is 314 g/mol. The molecule has 0 bridgehead atoms. The molecule has 0 atom stereocenters. The van der Waals surface area contributed by atoms with Crippen molar-refractivity contribution in [3.05, 3.63) is 77.7 Å². The Balaban J connectivity index is 2.15. The van der Waals surface area contributed by atoms with E-state index in [4.69, 9.17) is 5.73 Å². The van der Waals surface area contributed by atoms with Crippen LogP contribution in [0.4, 0.5) is 5.69 Å². The third-order valence-electron chi connectivity index (χ3n) is 4.01. The first-order valence-corrected chi connectivity index (χ1v) is 8.44. The second-order valence-electron chi connectivity index (χ2n) is 5.46. The number of nitrogens with two attached hydrogens (primary N) is 1. The van der Waals surface area contributed by atoms with Crippen molar-refractivity contribution < 1.29 is 4.40 Å². The Bertz CT molecular complexity index is 1060. The first kappa shape index (κ1) is 14.4. The summed E-state index contributed by atoms with van der Waals surface area (Å²) in [5.41, 5.74) is 11.2. The highest BCUT2D eigenvalue weighted by Gasteiger charge is 2.26. The van der Waals surface area contributed by atoms with Crippen LogP contribution in [0.5, 0.6) is 0 Å². The van der Waals surface area contributed by atoms with Gasteiger partial charge in [-0.3, -0.25) is 0 Å². The smallest absolute Gasteiger partial charge is 0.270 e. The second kappa shape index (κ2) is 5.80. The molecule has 3 nitrogen and oxygen atoms in total. The second-order valence-corrected chi connectivity index (χ2v) is 6.35. The molecule has 0 amide bonds. The van der Waals surface area contributed by atoms with Gasteiger partial charge < -0.3 is 5.73 Å². The van der Waals surface area contributed by atoms with Crippen molar-refractivity contribution in [2.75, 3.05) is 5.73 Å². The molecule has 0 aliphatic rings. The van der Waals surface area contributed by atoms with E-state index in [1.165, 1.54) is 0 Å². The van der Waals surface area contributed by atoms with Gasteiger partial charge in [-0.25, -0.2) is 0 Å². The number of thiazole rings is 1. The summed E-state index contributed by atoms with van der Waals surface area (Å²) in [6.45, 7) is 0. The number of pyridine rings is 1. The minimum absolute atomic E-state index is 0.509. The van der Waals surface area contributed by atoms with Gasteiger partial charge in [-0.05, 0) is 24.3 Å². The number of nitrogen functional groups attached to an aromatic ring is 1. The zero-order valence-electron chi connectivity index (χ0n) is 12.8. The first-order chi connectivity index (χ1) is 11.8. The van der Waals surface area contributed by atoms with Crippen LogP contribution >= 0.6 is 11.3 Å². The lowest BCUT2D eigenvalue weighted by molar-refractivity contribution is -0.482. The number of hydrogen-bond donors (Lipinski definition) is 1. The van der Waals surface area contributed by atoms with Crippen molar-refractivity contribution in [3.8, 4) is 28.6 Å². The fourth-order valence-corrected chi connectivity index (χ4v) is 3.88. The van der Waals surface area contributed by atoms with Gasteiger partial charge in [0.2, 0.25) is 11.4 Å². The molecule has 2 heterocycles. The molecule has 4 rings (SSSR count). The zero-order chi connectivity index (χ0) is 16.5. The van der Waals surface area contributed by atoms with Gasteiger partial charge in [0.05, 0.1) is 11.1 Å². The number of rotatable bonds is 2. The molecule has 0 unspecified atom stereocenters. The van der Waals surface area contributed by atoms with E-state index < -0.39 is 0 Å². The van der Waals surface area contributed by atoms with Crippen LogP contribution in [0, 0.1) is 11.3 Å². The number of nitriles is 1. The van der Waals surface area contributed by atoms with Crippen molar-refractivity contribution in [2.24, 2.45) is 0 Å². The summed E-state index contributed by atoms with van der Waals surface area (Å²) >= 11 is 1.62. The van der Waals surface area contributed by atoms with E-state index in [0.717, 1.165) is 27.3 Å². The van der Waals surface area contributed by atoms with E-state index in [-0.39, 0.29) is 0 Å². The van der Waals surface area contributed by atoms with E-state index in [1.54, 1.807) is 11.3 Å². The van der Waals surface area contributed by atoms with Crippen molar-refractivity contribution in [2.45, 2.75) is 0 Å². The molecule has 2 aromatic carbocycles. The highest BCUT2D eigenvalue weighted by atomic mass is 32.1. The third kappa shape index (κ3) is 2.23. The van der Waals surface area contributed by atoms with Gasteiger partial charge in [-0.1, -0.05) is 47.7 Å². The molecule has 4 heteroatoms. The Morgan fingerprint density at radius 1 is 0.917 bits per heavy atom. The van der Waals surface area contributed by atoms with Crippen LogP contribution in [0.1, 0.15) is 5.56 Å². The van der Waals surface area contributed by atoms with E-state index >= 15 is 0 Å². The van der Waals surface area contributed by atoms with E-state index in [0.29, 0.717) is 11.3 Å². The minimum Gasteiger partial charge on any atom is -0.397 e. The zero-order valence-corrected chi connectivity index (χ0v) is 13.6. The summed E-state index contributed by atoms with van der Waals surface area (Å²) in [6, 6.07) is 24.3. The van der Waals surface area contributed by atoms with Crippen molar-refractivity contribution >= 4 is 21.9 Å². The summed E-state index contributed by atoms with van der Waals surface area (Å²) < 4.78 is 2.13. The fraction of sp³-hybridized carbons (Fsp3) is 0. The number of anilines is 1. The average Bonchev–Trinajstić information content (AvgIpc) is 3.05. The highest BCUT2D eigenvalue weighted by Crippen LogP contribution is 2.30. The van der Waals surface area contributed by atoms with Crippen molar-refractivity contribution in [1.82, 2.24) is 0 Å². The van der Waals surface area contributed by atoms with Crippen LogP contribution < -0.4 is 10.1 Å². The van der Waals surface area contributed by atoms with E-state index in [1.807, 2.05) is 54.6 Å². The van der Waals surface area contributed by atoms with E-state index in [9.17, 15) is 5.26 Å². The largest absolute Gasteiger partial charge is 0.397 e. The predicted octanol–water partition coefficient (Wildman–Crippen LogP) is 4.27. The van der Waals surface area contributed by atoms with Gasteiger partial charge >= 0.3 is 0 Å². The van der Waals surface area contributed by atoms with Crippen LogP contribution in [0.3, 0.4) is 0 Å². The third-order valence-corrected chi connectivity index (χ3v) is 4.89. The molecule has 0 spiro atoms. The Hall–Kier alpha value is -3.16. The molecule has 4 aromatic rings. The summed E-state index contributed by atoms with van der Waals surface area (Å²) in [5.74, 6) is 0. The van der Waals surface area contributed by atoms with E-state index in [2.05, 4.69) is 28.0 Å². The fourth-order valence-electron chi connectivity index (χ4n) is 2.92. The first-order valence-electron chi connectivity index (χ1n) is 7.56. The lowest BCUT2D eigenvalue weighted by atomic mass is 10.0. The topological polar surface area (TPSA) is 53.9 Å². The minimum atomic E-state index is 0.509. The molecule has 0 aliphatic heterocycles. The summed E-state index contributed by atoms with van der Waals surface area (Å²) in [6.07, 6.45) is 0. The highest BCUT2D eigenvalue weighted by molar-refractivity contribution is 7.15. The molecule has 2 N–H and O–H groups in total. The van der Waals surface area contributed by atoms with Crippen LogP contribution in [0.15, 0.2) is 72.1 Å². The van der Waals surface area contributed by atoms with Gasteiger partial charge in [0.15, 0.2) is 0 Å². The molecule has 0 aliphatic carbocycles. The lowest BCUT2D eigenvalue weighted by Gasteiger charge is -2.05. The normalized spacial score (nSPS) is 10.6.